The number of methoxy groups -OCH3 is 1. The van der Waals surface area contributed by atoms with E-state index in [-0.39, 0.29) is 0 Å². The van der Waals surface area contributed by atoms with Crippen molar-refractivity contribution < 1.29 is 9.53 Å². The van der Waals surface area contributed by atoms with Crippen molar-refractivity contribution in [2.45, 2.75) is 32.2 Å². The molecule has 0 radical (unpaired) electrons. The number of esters is 1. The van der Waals surface area contributed by atoms with E-state index in [2.05, 4.69) is 26.9 Å². The molecule has 5 heteroatoms. The monoisotopic (exact) mass is 277 g/mol. The molecule has 0 bridgehead atoms. The number of likely N-dealkylation sites (tertiary alicyclic amines) is 1. The van der Waals surface area contributed by atoms with E-state index in [4.69, 9.17) is 0 Å². The molecule has 0 saturated carbocycles. The predicted octanol–water partition coefficient (Wildman–Crippen LogP) is 2.15. The van der Waals surface area contributed by atoms with Crippen LogP contribution in [0.5, 0.6) is 0 Å². The molecule has 0 atom stereocenters. The molecule has 1 aliphatic rings. The van der Waals surface area contributed by atoms with Gasteiger partial charge in [0.25, 0.3) is 0 Å². The van der Waals surface area contributed by atoms with Crippen molar-refractivity contribution in [1.82, 2.24) is 9.88 Å². The van der Waals surface area contributed by atoms with Gasteiger partial charge in [-0.05, 0) is 37.9 Å². The van der Waals surface area contributed by atoms with Crippen LogP contribution in [0.2, 0.25) is 0 Å². The molecule has 1 N–H and O–H groups in total. The maximum atomic E-state index is 11.5. The third-order valence-electron chi connectivity index (χ3n) is 3.65. The molecule has 2 rings (SSSR count). The number of nitrogens with one attached hydrogen (secondary N) is 1. The van der Waals surface area contributed by atoms with Gasteiger partial charge in [0.1, 0.15) is 5.69 Å². The van der Waals surface area contributed by atoms with Crippen molar-refractivity contribution in [3.05, 3.63) is 24.0 Å². The van der Waals surface area contributed by atoms with E-state index in [1.54, 1.807) is 12.3 Å². The molecular formula is C15H23N3O2. The van der Waals surface area contributed by atoms with Crippen molar-refractivity contribution in [2.24, 2.45) is 0 Å². The van der Waals surface area contributed by atoms with E-state index in [9.17, 15) is 4.79 Å². The average Bonchev–Trinajstić information content (AvgIpc) is 2.49. The number of anilines is 1. The second-order valence-corrected chi connectivity index (χ2v) is 5.18. The lowest BCUT2D eigenvalue weighted by Gasteiger charge is -2.32. The molecule has 1 aliphatic heterocycles. The Morgan fingerprint density at radius 2 is 2.25 bits per heavy atom. The second kappa shape index (κ2) is 7.24. The van der Waals surface area contributed by atoms with E-state index in [1.807, 2.05) is 6.07 Å². The molecule has 110 valence electrons. The Morgan fingerprint density at radius 3 is 2.90 bits per heavy atom. The maximum Gasteiger partial charge on any atom is 0.356 e. The number of rotatable bonds is 5. The van der Waals surface area contributed by atoms with E-state index in [1.165, 1.54) is 20.1 Å². The van der Waals surface area contributed by atoms with Crippen LogP contribution in [0.3, 0.4) is 0 Å². The molecule has 1 aromatic heterocycles. The number of hydrogen-bond acceptors (Lipinski definition) is 5. The highest BCUT2D eigenvalue weighted by molar-refractivity contribution is 5.88. The van der Waals surface area contributed by atoms with E-state index in [0.29, 0.717) is 11.7 Å². The van der Waals surface area contributed by atoms with Gasteiger partial charge in [0.15, 0.2) is 0 Å². The van der Waals surface area contributed by atoms with Crippen molar-refractivity contribution in [3.8, 4) is 0 Å². The zero-order chi connectivity index (χ0) is 14.4. The summed E-state index contributed by atoms with van der Waals surface area (Å²) in [5.41, 5.74) is 1.29. The number of ether oxygens (including phenoxy) is 1. The third kappa shape index (κ3) is 3.93. The molecule has 20 heavy (non-hydrogen) atoms. The lowest BCUT2D eigenvalue weighted by molar-refractivity contribution is 0.0594. The summed E-state index contributed by atoms with van der Waals surface area (Å²) in [5, 5.41) is 3.49. The van der Waals surface area contributed by atoms with Gasteiger partial charge in [-0.2, -0.15) is 0 Å². The number of nitrogens with zero attached hydrogens (tertiary/aromatic N) is 2. The number of pyridine rings is 1. The van der Waals surface area contributed by atoms with Gasteiger partial charge in [-0.1, -0.05) is 6.92 Å². The van der Waals surface area contributed by atoms with Crippen LogP contribution in [-0.4, -0.2) is 48.6 Å². The first-order valence-electron chi connectivity index (χ1n) is 7.26. The molecule has 0 unspecified atom stereocenters. The summed E-state index contributed by atoms with van der Waals surface area (Å²) < 4.78 is 4.69. The highest BCUT2D eigenvalue weighted by Gasteiger charge is 2.18. The summed E-state index contributed by atoms with van der Waals surface area (Å²) in [6.07, 6.45) is 5.12. The number of hydrogen-bond donors (Lipinski definition) is 1. The van der Waals surface area contributed by atoms with Crippen molar-refractivity contribution in [3.63, 3.8) is 0 Å². The normalized spacial score (nSPS) is 16.9. The number of carbonyl (C=O) groups is 1. The lowest BCUT2D eigenvalue weighted by atomic mass is 10.0. The zero-order valence-corrected chi connectivity index (χ0v) is 12.3. The Labute approximate surface area is 120 Å². The first-order chi connectivity index (χ1) is 9.72. The van der Waals surface area contributed by atoms with Crippen LogP contribution < -0.4 is 5.32 Å². The summed E-state index contributed by atoms with van der Waals surface area (Å²) in [5.74, 6) is -0.397. The number of aromatic nitrogens is 1. The Kier molecular flexibility index (Phi) is 5.35. The fourth-order valence-electron chi connectivity index (χ4n) is 2.59. The van der Waals surface area contributed by atoms with Crippen LogP contribution in [0.15, 0.2) is 18.3 Å². The standard InChI is InChI=1S/C15H23N3O2/c1-3-8-18-9-5-12(6-10-18)17-13-4-7-16-14(11-13)15(19)20-2/h4,7,11-12H,3,5-6,8-10H2,1-2H3,(H,16,17). The quantitative estimate of drug-likeness (QED) is 0.836. The zero-order valence-electron chi connectivity index (χ0n) is 12.3. The van der Waals surface area contributed by atoms with E-state index < -0.39 is 5.97 Å². The highest BCUT2D eigenvalue weighted by atomic mass is 16.5. The summed E-state index contributed by atoms with van der Waals surface area (Å²) in [6.45, 7) is 5.69. The first kappa shape index (κ1) is 14.8. The van der Waals surface area contributed by atoms with Crippen LogP contribution in [0.4, 0.5) is 5.69 Å². The fourth-order valence-corrected chi connectivity index (χ4v) is 2.59. The summed E-state index contributed by atoms with van der Waals surface area (Å²) in [7, 11) is 1.37. The number of piperidine rings is 1. The third-order valence-corrected chi connectivity index (χ3v) is 3.65. The van der Waals surface area contributed by atoms with Crippen LogP contribution in [-0.2, 0) is 4.74 Å². The molecule has 5 nitrogen and oxygen atoms in total. The van der Waals surface area contributed by atoms with Crippen molar-refractivity contribution >= 4 is 11.7 Å². The molecule has 0 aliphatic carbocycles. The van der Waals surface area contributed by atoms with Crippen molar-refractivity contribution in [1.29, 1.82) is 0 Å². The van der Waals surface area contributed by atoms with Crippen molar-refractivity contribution in [2.75, 3.05) is 32.1 Å². The van der Waals surface area contributed by atoms with E-state index in [0.717, 1.165) is 31.6 Å². The van der Waals surface area contributed by atoms with Gasteiger partial charge in [-0.15, -0.1) is 0 Å². The predicted molar refractivity (Wildman–Crippen MR) is 79.0 cm³/mol. The van der Waals surface area contributed by atoms with Gasteiger partial charge in [0.2, 0.25) is 0 Å². The summed E-state index contributed by atoms with van der Waals surface area (Å²) in [4.78, 5) is 18.0. The Morgan fingerprint density at radius 1 is 1.50 bits per heavy atom. The maximum absolute atomic E-state index is 11.5. The van der Waals surface area contributed by atoms with Crippen LogP contribution in [0.1, 0.15) is 36.7 Å². The molecular weight excluding hydrogens is 254 g/mol. The number of carbonyl (C=O) groups excluding carboxylic acids is 1. The fraction of sp³-hybridized carbons (Fsp3) is 0.600. The van der Waals surface area contributed by atoms with E-state index >= 15 is 0 Å². The topological polar surface area (TPSA) is 54.5 Å². The van der Waals surface area contributed by atoms with Gasteiger partial charge >= 0.3 is 5.97 Å². The minimum Gasteiger partial charge on any atom is -0.464 e. The largest absolute Gasteiger partial charge is 0.464 e. The molecule has 1 fully saturated rings. The minimum atomic E-state index is -0.397. The summed E-state index contributed by atoms with van der Waals surface area (Å²) >= 11 is 0. The molecule has 0 amide bonds. The van der Waals surface area contributed by atoms with Gasteiger partial charge in [0.05, 0.1) is 7.11 Å². The second-order valence-electron chi connectivity index (χ2n) is 5.18. The van der Waals surface area contributed by atoms with Gasteiger partial charge in [0, 0.05) is 31.0 Å². The molecule has 0 spiro atoms. The smallest absolute Gasteiger partial charge is 0.356 e. The molecule has 0 aromatic carbocycles. The van der Waals surface area contributed by atoms with Gasteiger partial charge in [-0.25, -0.2) is 9.78 Å². The van der Waals surface area contributed by atoms with Gasteiger partial charge < -0.3 is 15.0 Å². The Bertz CT molecular complexity index is 442. The SMILES string of the molecule is CCCN1CCC(Nc2ccnc(C(=O)OC)c2)CC1. The van der Waals surface area contributed by atoms with Crippen LogP contribution in [0, 0.1) is 0 Å². The highest BCUT2D eigenvalue weighted by Crippen LogP contribution is 2.17. The van der Waals surface area contributed by atoms with Gasteiger partial charge in [-0.3, -0.25) is 0 Å². The molecule has 1 saturated heterocycles. The lowest BCUT2D eigenvalue weighted by Crippen LogP contribution is -2.39. The van der Waals surface area contributed by atoms with Crippen LogP contribution >= 0.6 is 0 Å². The average molecular weight is 277 g/mol. The summed E-state index contributed by atoms with van der Waals surface area (Å²) in [6, 6.07) is 4.12. The molecule has 2 heterocycles. The first-order valence-corrected chi connectivity index (χ1v) is 7.26. The minimum absolute atomic E-state index is 0.348. The van der Waals surface area contributed by atoms with Crippen LogP contribution in [0.25, 0.3) is 0 Å². The molecule has 1 aromatic rings. The Hall–Kier alpha value is -1.62. The Balaban J connectivity index is 1.89.